The first kappa shape index (κ1) is 13.2. The molecule has 21 heavy (non-hydrogen) atoms. The van der Waals surface area contributed by atoms with Crippen molar-refractivity contribution in [3.63, 3.8) is 0 Å². The van der Waals surface area contributed by atoms with Gasteiger partial charge in [0.25, 0.3) is 0 Å². The average molecular weight is 281 g/mol. The summed E-state index contributed by atoms with van der Waals surface area (Å²) in [7, 11) is 3.23. The maximum atomic E-state index is 5.31. The van der Waals surface area contributed by atoms with E-state index < -0.39 is 0 Å². The van der Waals surface area contributed by atoms with Crippen LogP contribution in [-0.2, 0) is 0 Å². The molecule has 106 valence electrons. The second-order valence-electron chi connectivity index (χ2n) is 4.42. The van der Waals surface area contributed by atoms with Crippen LogP contribution in [0.2, 0.25) is 0 Å². The van der Waals surface area contributed by atoms with Crippen molar-refractivity contribution in [1.82, 2.24) is 15.0 Å². The SMILES string of the molecule is COc1ccc(-c2cnn(-c3ccccc3)n2)cc1OC. The minimum Gasteiger partial charge on any atom is -0.493 e. The molecule has 0 saturated heterocycles. The summed E-state index contributed by atoms with van der Waals surface area (Å²) >= 11 is 0. The molecule has 0 unspecified atom stereocenters. The average Bonchev–Trinajstić information content (AvgIpc) is 3.05. The lowest BCUT2D eigenvalue weighted by molar-refractivity contribution is 0.355. The topological polar surface area (TPSA) is 49.2 Å². The minimum absolute atomic E-state index is 0.671. The number of hydrogen-bond acceptors (Lipinski definition) is 4. The second kappa shape index (κ2) is 5.66. The number of benzene rings is 2. The van der Waals surface area contributed by atoms with Crippen LogP contribution >= 0.6 is 0 Å². The zero-order chi connectivity index (χ0) is 14.7. The molecule has 3 aromatic rings. The lowest BCUT2D eigenvalue weighted by atomic mass is 10.1. The molecule has 2 aromatic carbocycles. The van der Waals surface area contributed by atoms with Gasteiger partial charge in [0.05, 0.1) is 26.1 Å². The van der Waals surface area contributed by atoms with Crippen LogP contribution in [0.15, 0.2) is 54.7 Å². The van der Waals surface area contributed by atoms with E-state index in [0.29, 0.717) is 11.5 Å². The molecule has 0 radical (unpaired) electrons. The van der Waals surface area contributed by atoms with Crippen LogP contribution in [0.3, 0.4) is 0 Å². The molecule has 1 aromatic heterocycles. The lowest BCUT2D eigenvalue weighted by Crippen LogP contribution is -1.98. The smallest absolute Gasteiger partial charge is 0.161 e. The third-order valence-corrected chi connectivity index (χ3v) is 3.16. The molecule has 0 aliphatic heterocycles. The summed E-state index contributed by atoms with van der Waals surface area (Å²) < 4.78 is 10.5. The Labute approximate surface area is 122 Å². The van der Waals surface area contributed by atoms with Crippen molar-refractivity contribution in [2.24, 2.45) is 0 Å². The first-order chi connectivity index (χ1) is 10.3. The van der Waals surface area contributed by atoms with Crippen LogP contribution in [0.25, 0.3) is 16.9 Å². The summed E-state index contributed by atoms with van der Waals surface area (Å²) in [6.45, 7) is 0. The minimum atomic E-state index is 0.671. The van der Waals surface area contributed by atoms with Crippen molar-refractivity contribution < 1.29 is 9.47 Å². The highest BCUT2D eigenvalue weighted by atomic mass is 16.5. The van der Waals surface area contributed by atoms with Crippen molar-refractivity contribution in [2.45, 2.75) is 0 Å². The Morgan fingerprint density at radius 2 is 1.67 bits per heavy atom. The van der Waals surface area contributed by atoms with Crippen molar-refractivity contribution in [2.75, 3.05) is 14.2 Å². The summed E-state index contributed by atoms with van der Waals surface area (Å²) in [5, 5.41) is 8.79. The van der Waals surface area contributed by atoms with Gasteiger partial charge in [-0.2, -0.15) is 9.90 Å². The number of aromatic nitrogens is 3. The zero-order valence-electron chi connectivity index (χ0n) is 11.9. The van der Waals surface area contributed by atoms with Gasteiger partial charge in [0.15, 0.2) is 11.5 Å². The number of para-hydroxylation sites is 1. The summed E-state index contributed by atoms with van der Waals surface area (Å²) in [6.07, 6.45) is 1.73. The molecule has 0 aliphatic rings. The number of methoxy groups -OCH3 is 2. The maximum absolute atomic E-state index is 5.31. The normalized spacial score (nSPS) is 10.4. The van der Waals surface area contributed by atoms with E-state index in [-0.39, 0.29) is 0 Å². The first-order valence-electron chi connectivity index (χ1n) is 6.52. The van der Waals surface area contributed by atoms with Crippen LogP contribution in [0.4, 0.5) is 0 Å². The largest absolute Gasteiger partial charge is 0.493 e. The van der Waals surface area contributed by atoms with E-state index in [9.17, 15) is 0 Å². The molecule has 0 bridgehead atoms. The fourth-order valence-electron chi connectivity index (χ4n) is 2.08. The highest BCUT2D eigenvalue weighted by Crippen LogP contribution is 2.31. The van der Waals surface area contributed by atoms with Gasteiger partial charge in [0.2, 0.25) is 0 Å². The predicted octanol–water partition coefficient (Wildman–Crippen LogP) is 2.95. The van der Waals surface area contributed by atoms with Crippen LogP contribution in [0.5, 0.6) is 11.5 Å². The second-order valence-corrected chi connectivity index (χ2v) is 4.42. The Bertz CT molecular complexity index is 738. The maximum Gasteiger partial charge on any atom is 0.161 e. The van der Waals surface area contributed by atoms with Gasteiger partial charge < -0.3 is 9.47 Å². The monoisotopic (exact) mass is 281 g/mol. The van der Waals surface area contributed by atoms with Crippen LogP contribution in [0.1, 0.15) is 0 Å². The van der Waals surface area contributed by atoms with E-state index in [1.54, 1.807) is 25.2 Å². The van der Waals surface area contributed by atoms with Gasteiger partial charge >= 0.3 is 0 Å². The number of rotatable bonds is 4. The third-order valence-electron chi connectivity index (χ3n) is 3.16. The standard InChI is InChI=1S/C16H15N3O2/c1-20-15-9-8-12(10-16(15)21-2)14-11-17-19(18-14)13-6-4-3-5-7-13/h3-11H,1-2H3. The van der Waals surface area contributed by atoms with Gasteiger partial charge in [-0.1, -0.05) is 18.2 Å². The van der Waals surface area contributed by atoms with Gasteiger partial charge in [-0.15, -0.1) is 5.10 Å². The molecular weight excluding hydrogens is 266 g/mol. The van der Waals surface area contributed by atoms with E-state index in [4.69, 9.17) is 9.47 Å². The third kappa shape index (κ3) is 2.58. The van der Waals surface area contributed by atoms with Crippen molar-refractivity contribution in [3.05, 3.63) is 54.7 Å². The van der Waals surface area contributed by atoms with Crippen molar-refractivity contribution >= 4 is 0 Å². The highest BCUT2D eigenvalue weighted by molar-refractivity contribution is 5.63. The zero-order valence-corrected chi connectivity index (χ0v) is 11.9. The molecular formula is C16H15N3O2. The predicted molar refractivity (Wildman–Crippen MR) is 79.9 cm³/mol. The fraction of sp³-hybridized carbons (Fsp3) is 0.125. The van der Waals surface area contributed by atoms with Crippen LogP contribution < -0.4 is 9.47 Å². The van der Waals surface area contributed by atoms with Gasteiger partial charge in [-0.25, -0.2) is 0 Å². The van der Waals surface area contributed by atoms with Crippen molar-refractivity contribution in [1.29, 1.82) is 0 Å². The number of nitrogens with zero attached hydrogens (tertiary/aromatic N) is 3. The Kier molecular flexibility index (Phi) is 3.55. The Hall–Kier alpha value is -2.82. The molecule has 0 amide bonds. The molecule has 0 aliphatic carbocycles. The van der Waals surface area contributed by atoms with E-state index >= 15 is 0 Å². The Morgan fingerprint density at radius 1 is 0.905 bits per heavy atom. The summed E-state index contributed by atoms with van der Waals surface area (Å²) in [4.78, 5) is 1.60. The lowest BCUT2D eigenvalue weighted by Gasteiger charge is -2.08. The molecule has 0 atom stereocenters. The van der Waals surface area contributed by atoms with Crippen molar-refractivity contribution in [3.8, 4) is 28.4 Å². The summed E-state index contributed by atoms with van der Waals surface area (Å²) in [5.41, 5.74) is 2.62. The highest BCUT2D eigenvalue weighted by Gasteiger charge is 2.09. The van der Waals surface area contributed by atoms with E-state index in [1.165, 1.54) is 0 Å². The molecule has 5 heteroatoms. The van der Waals surface area contributed by atoms with E-state index in [2.05, 4.69) is 10.2 Å². The molecule has 5 nitrogen and oxygen atoms in total. The molecule has 1 heterocycles. The molecule has 0 spiro atoms. The number of ether oxygens (including phenoxy) is 2. The van der Waals surface area contributed by atoms with Gasteiger partial charge in [-0.05, 0) is 30.3 Å². The fourth-order valence-corrected chi connectivity index (χ4v) is 2.08. The number of hydrogen-bond donors (Lipinski definition) is 0. The quantitative estimate of drug-likeness (QED) is 0.737. The first-order valence-corrected chi connectivity index (χ1v) is 6.52. The van der Waals surface area contributed by atoms with Crippen LogP contribution in [0, 0.1) is 0 Å². The Balaban J connectivity index is 1.97. The van der Waals surface area contributed by atoms with Crippen LogP contribution in [-0.4, -0.2) is 29.2 Å². The van der Waals surface area contributed by atoms with E-state index in [0.717, 1.165) is 16.9 Å². The molecule has 0 fully saturated rings. The summed E-state index contributed by atoms with van der Waals surface area (Å²) in [6, 6.07) is 15.5. The van der Waals surface area contributed by atoms with Gasteiger partial charge in [0.1, 0.15) is 5.69 Å². The molecule has 0 saturated carbocycles. The van der Waals surface area contributed by atoms with Gasteiger partial charge in [0, 0.05) is 5.56 Å². The van der Waals surface area contributed by atoms with E-state index in [1.807, 2.05) is 48.5 Å². The summed E-state index contributed by atoms with van der Waals surface area (Å²) in [5.74, 6) is 1.36. The Morgan fingerprint density at radius 3 is 2.38 bits per heavy atom. The molecule has 3 rings (SSSR count). The van der Waals surface area contributed by atoms with Gasteiger partial charge in [-0.3, -0.25) is 0 Å². The molecule has 0 N–H and O–H groups in total.